The van der Waals surface area contributed by atoms with Gasteiger partial charge < -0.3 is 14.8 Å². The van der Waals surface area contributed by atoms with Gasteiger partial charge in [0.2, 0.25) is 5.75 Å². The number of nitrogens with one attached hydrogen (secondary N) is 1. The van der Waals surface area contributed by atoms with Gasteiger partial charge in [-0.1, -0.05) is 6.92 Å². The zero-order chi connectivity index (χ0) is 14.4. The standard InChI is InChI=1S/C14H20N2O4/c1-2-7-19-14-8-12(3-4-13(14)16(17)18)20-10-11-5-6-15-9-11/h3-4,8,11,15H,2,5-7,9-10H2,1H3. The molecule has 1 N–H and O–H groups in total. The zero-order valence-electron chi connectivity index (χ0n) is 11.6. The van der Waals surface area contributed by atoms with E-state index in [9.17, 15) is 10.1 Å². The van der Waals surface area contributed by atoms with E-state index in [1.807, 2.05) is 6.92 Å². The zero-order valence-corrected chi connectivity index (χ0v) is 11.6. The quantitative estimate of drug-likeness (QED) is 0.613. The molecule has 1 atom stereocenters. The Balaban J connectivity index is 2.03. The van der Waals surface area contributed by atoms with Gasteiger partial charge in [-0.05, 0) is 25.5 Å². The smallest absolute Gasteiger partial charge is 0.311 e. The summed E-state index contributed by atoms with van der Waals surface area (Å²) in [5, 5.41) is 14.2. The molecule has 1 unspecified atom stereocenters. The lowest BCUT2D eigenvalue weighted by Gasteiger charge is -2.12. The van der Waals surface area contributed by atoms with Crippen LogP contribution in [0.4, 0.5) is 5.69 Å². The highest BCUT2D eigenvalue weighted by molar-refractivity contribution is 5.50. The van der Waals surface area contributed by atoms with Crippen molar-refractivity contribution in [2.24, 2.45) is 5.92 Å². The largest absolute Gasteiger partial charge is 0.493 e. The summed E-state index contributed by atoms with van der Waals surface area (Å²) in [6.45, 7) is 5.03. The van der Waals surface area contributed by atoms with E-state index in [1.165, 1.54) is 6.07 Å². The second-order valence-corrected chi connectivity index (χ2v) is 4.90. The van der Waals surface area contributed by atoms with E-state index < -0.39 is 4.92 Å². The highest BCUT2D eigenvalue weighted by Gasteiger charge is 2.18. The number of hydrogen-bond donors (Lipinski definition) is 1. The third-order valence-corrected chi connectivity index (χ3v) is 3.24. The van der Waals surface area contributed by atoms with Crippen LogP contribution in [0.5, 0.6) is 11.5 Å². The normalized spacial score (nSPS) is 17.9. The number of nitro benzene ring substituents is 1. The summed E-state index contributed by atoms with van der Waals surface area (Å²) >= 11 is 0. The van der Waals surface area contributed by atoms with Gasteiger partial charge in [0.15, 0.2) is 0 Å². The van der Waals surface area contributed by atoms with Crippen molar-refractivity contribution in [1.29, 1.82) is 0 Å². The molecule has 1 heterocycles. The molecule has 1 saturated heterocycles. The Bertz CT molecular complexity index is 458. The Morgan fingerprint density at radius 1 is 1.45 bits per heavy atom. The Morgan fingerprint density at radius 3 is 2.95 bits per heavy atom. The first-order valence-corrected chi connectivity index (χ1v) is 6.95. The van der Waals surface area contributed by atoms with Crippen molar-refractivity contribution >= 4 is 5.69 Å². The van der Waals surface area contributed by atoms with Gasteiger partial charge in [-0.2, -0.15) is 0 Å². The molecule has 2 rings (SSSR count). The van der Waals surface area contributed by atoms with Gasteiger partial charge in [0.1, 0.15) is 5.75 Å². The number of rotatable bonds is 7. The Kier molecular flexibility index (Phi) is 5.17. The van der Waals surface area contributed by atoms with E-state index in [1.54, 1.807) is 12.1 Å². The molecule has 0 bridgehead atoms. The summed E-state index contributed by atoms with van der Waals surface area (Å²) < 4.78 is 11.1. The third-order valence-electron chi connectivity index (χ3n) is 3.24. The van der Waals surface area contributed by atoms with E-state index >= 15 is 0 Å². The van der Waals surface area contributed by atoms with Crippen LogP contribution in [0, 0.1) is 16.0 Å². The first kappa shape index (κ1) is 14.6. The number of nitro groups is 1. The van der Waals surface area contributed by atoms with Gasteiger partial charge >= 0.3 is 5.69 Å². The Morgan fingerprint density at radius 2 is 2.30 bits per heavy atom. The van der Waals surface area contributed by atoms with Crippen molar-refractivity contribution in [3.63, 3.8) is 0 Å². The van der Waals surface area contributed by atoms with Gasteiger partial charge in [0.25, 0.3) is 0 Å². The topological polar surface area (TPSA) is 73.6 Å². The minimum atomic E-state index is -0.435. The molecule has 0 aliphatic carbocycles. The lowest BCUT2D eigenvalue weighted by Crippen LogP contribution is -2.15. The molecule has 20 heavy (non-hydrogen) atoms. The second kappa shape index (κ2) is 7.09. The molecule has 0 amide bonds. The fraction of sp³-hybridized carbons (Fsp3) is 0.571. The van der Waals surface area contributed by atoms with E-state index in [0.717, 1.165) is 25.9 Å². The van der Waals surface area contributed by atoms with E-state index in [-0.39, 0.29) is 11.4 Å². The van der Waals surface area contributed by atoms with Crippen LogP contribution in [0.15, 0.2) is 18.2 Å². The first-order valence-electron chi connectivity index (χ1n) is 6.95. The summed E-state index contributed by atoms with van der Waals surface area (Å²) in [4.78, 5) is 10.5. The van der Waals surface area contributed by atoms with Crippen molar-refractivity contribution in [3.8, 4) is 11.5 Å². The van der Waals surface area contributed by atoms with E-state index in [0.29, 0.717) is 24.9 Å². The molecule has 6 heteroatoms. The molecule has 1 aliphatic rings. The lowest BCUT2D eigenvalue weighted by atomic mass is 10.1. The predicted molar refractivity (Wildman–Crippen MR) is 75.4 cm³/mol. The molecule has 0 saturated carbocycles. The van der Waals surface area contributed by atoms with E-state index in [4.69, 9.17) is 9.47 Å². The molecule has 1 fully saturated rings. The molecule has 0 spiro atoms. The van der Waals surface area contributed by atoms with Crippen LogP contribution in [-0.4, -0.2) is 31.2 Å². The Hall–Kier alpha value is -1.82. The summed E-state index contributed by atoms with van der Waals surface area (Å²) in [6.07, 6.45) is 1.90. The van der Waals surface area contributed by atoms with Crippen LogP contribution in [0.3, 0.4) is 0 Å². The molecular formula is C14H20N2O4. The van der Waals surface area contributed by atoms with Gasteiger partial charge in [-0.25, -0.2) is 0 Å². The summed E-state index contributed by atoms with van der Waals surface area (Å²) in [5.41, 5.74) is -0.0201. The van der Waals surface area contributed by atoms with Crippen LogP contribution < -0.4 is 14.8 Å². The fourth-order valence-electron chi connectivity index (χ4n) is 2.13. The SMILES string of the molecule is CCCOc1cc(OCC2CCNC2)ccc1[N+](=O)[O-]. The highest BCUT2D eigenvalue weighted by Crippen LogP contribution is 2.31. The van der Waals surface area contributed by atoms with E-state index in [2.05, 4.69) is 5.32 Å². The summed E-state index contributed by atoms with van der Waals surface area (Å²) in [7, 11) is 0. The van der Waals surface area contributed by atoms with Gasteiger partial charge in [-0.3, -0.25) is 10.1 Å². The minimum absolute atomic E-state index is 0.0201. The average molecular weight is 280 g/mol. The van der Waals surface area contributed by atoms with Gasteiger partial charge in [0.05, 0.1) is 18.1 Å². The number of benzene rings is 1. The Labute approximate surface area is 118 Å². The monoisotopic (exact) mass is 280 g/mol. The number of hydrogen-bond acceptors (Lipinski definition) is 5. The highest BCUT2D eigenvalue weighted by atomic mass is 16.6. The average Bonchev–Trinajstić information content (AvgIpc) is 2.96. The van der Waals surface area contributed by atoms with Crippen molar-refractivity contribution < 1.29 is 14.4 Å². The van der Waals surface area contributed by atoms with Crippen LogP contribution >= 0.6 is 0 Å². The van der Waals surface area contributed by atoms with Crippen LogP contribution in [0.2, 0.25) is 0 Å². The molecule has 1 aromatic carbocycles. The minimum Gasteiger partial charge on any atom is -0.493 e. The van der Waals surface area contributed by atoms with Crippen molar-refractivity contribution in [2.75, 3.05) is 26.3 Å². The molecule has 0 aromatic heterocycles. The van der Waals surface area contributed by atoms with Crippen molar-refractivity contribution in [2.45, 2.75) is 19.8 Å². The molecule has 110 valence electrons. The number of nitrogens with zero attached hydrogens (tertiary/aromatic N) is 1. The van der Waals surface area contributed by atoms with Crippen molar-refractivity contribution in [3.05, 3.63) is 28.3 Å². The maximum absolute atomic E-state index is 10.9. The molecule has 1 aliphatic heterocycles. The molecule has 1 aromatic rings. The molecular weight excluding hydrogens is 260 g/mol. The van der Waals surface area contributed by atoms with Crippen LogP contribution in [-0.2, 0) is 0 Å². The summed E-state index contributed by atoms with van der Waals surface area (Å²) in [6, 6.07) is 4.67. The maximum atomic E-state index is 10.9. The second-order valence-electron chi connectivity index (χ2n) is 4.90. The maximum Gasteiger partial charge on any atom is 0.311 e. The lowest BCUT2D eigenvalue weighted by molar-refractivity contribution is -0.385. The number of ether oxygens (including phenoxy) is 2. The predicted octanol–water partition coefficient (Wildman–Crippen LogP) is 2.37. The van der Waals surface area contributed by atoms with Crippen LogP contribution in [0.1, 0.15) is 19.8 Å². The fourth-order valence-corrected chi connectivity index (χ4v) is 2.13. The van der Waals surface area contributed by atoms with Crippen molar-refractivity contribution in [1.82, 2.24) is 5.32 Å². The first-order chi connectivity index (χ1) is 9.70. The van der Waals surface area contributed by atoms with Gasteiger partial charge in [0, 0.05) is 24.6 Å². The molecule has 0 radical (unpaired) electrons. The van der Waals surface area contributed by atoms with Gasteiger partial charge in [-0.15, -0.1) is 0 Å². The van der Waals surface area contributed by atoms with Crippen LogP contribution in [0.25, 0.3) is 0 Å². The third kappa shape index (κ3) is 3.84. The molecule has 6 nitrogen and oxygen atoms in total. The summed E-state index contributed by atoms with van der Waals surface area (Å²) in [5.74, 6) is 1.40.